The van der Waals surface area contributed by atoms with E-state index in [1.807, 2.05) is 18.2 Å². The third-order valence-electron chi connectivity index (χ3n) is 5.42. The third kappa shape index (κ3) is 4.28. The topological polar surface area (TPSA) is 57.7 Å². The number of hydrogen-bond donors (Lipinski definition) is 0. The van der Waals surface area contributed by atoms with Gasteiger partial charge in [0.05, 0.1) is 10.7 Å². The van der Waals surface area contributed by atoms with Gasteiger partial charge in [-0.15, -0.1) is 0 Å². The van der Waals surface area contributed by atoms with E-state index in [1.165, 1.54) is 24.7 Å². The maximum absolute atomic E-state index is 13.2. The molecule has 31 heavy (non-hydrogen) atoms. The van der Waals surface area contributed by atoms with Crippen LogP contribution >= 0.6 is 23.2 Å². The molecule has 0 saturated heterocycles. The summed E-state index contributed by atoms with van der Waals surface area (Å²) in [7, 11) is -2.55. The molecule has 0 atom stereocenters. The second-order valence-corrected chi connectivity index (χ2v) is 10.1. The lowest BCUT2D eigenvalue weighted by Gasteiger charge is -2.29. The molecule has 0 bridgehead atoms. The first-order chi connectivity index (χ1) is 14.8. The molecule has 1 amide bonds. The van der Waals surface area contributed by atoms with Gasteiger partial charge in [0.1, 0.15) is 4.90 Å². The minimum absolute atomic E-state index is 0.0568. The average Bonchev–Trinajstić information content (AvgIpc) is 2.78. The Labute approximate surface area is 191 Å². The first-order valence-electron chi connectivity index (χ1n) is 9.67. The van der Waals surface area contributed by atoms with Gasteiger partial charge < -0.3 is 4.90 Å². The summed E-state index contributed by atoms with van der Waals surface area (Å²) in [6.07, 6.45) is 0.764. The molecule has 3 aromatic rings. The summed E-state index contributed by atoms with van der Waals surface area (Å²) in [4.78, 5) is 14.7. The second kappa shape index (κ2) is 8.54. The van der Waals surface area contributed by atoms with Crippen LogP contribution in [0.25, 0.3) is 0 Å². The highest BCUT2D eigenvalue weighted by molar-refractivity contribution is 7.93. The Balaban J connectivity index is 1.64. The van der Waals surface area contributed by atoms with Gasteiger partial charge in [-0.2, -0.15) is 0 Å². The molecule has 8 heteroatoms. The number of fused-ring (bicyclic) bond motifs is 1. The van der Waals surface area contributed by atoms with Crippen molar-refractivity contribution < 1.29 is 13.2 Å². The Hall–Kier alpha value is -2.54. The highest BCUT2D eigenvalue weighted by atomic mass is 35.5. The average molecular weight is 475 g/mol. The lowest BCUT2D eigenvalue weighted by atomic mass is 9.99. The van der Waals surface area contributed by atoms with Crippen LogP contribution in [0.5, 0.6) is 0 Å². The van der Waals surface area contributed by atoms with Crippen molar-refractivity contribution in [1.82, 2.24) is 4.90 Å². The number of sulfonamides is 1. The highest BCUT2D eigenvalue weighted by Gasteiger charge is 2.27. The molecule has 0 aromatic heterocycles. The van der Waals surface area contributed by atoms with Crippen LogP contribution in [0, 0.1) is 0 Å². The molecule has 0 fully saturated rings. The predicted molar refractivity (Wildman–Crippen MR) is 123 cm³/mol. The van der Waals surface area contributed by atoms with E-state index in [4.69, 9.17) is 23.2 Å². The van der Waals surface area contributed by atoms with Gasteiger partial charge in [0.15, 0.2) is 0 Å². The first kappa shape index (κ1) is 21.7. The number of halogens is 2. The van der Waals surface area contributed by atoms with Crippen molar-refractivity contribution in [1.29, 1.82) is 0 Å². The number of nitrogens with zero attached hydrogens (tertiary/aromatic N) is 2. The number of carbonyl (C=O) groups excluding carboxylic acids is 1. The molecule has 1 aliphatic rings. The van der Waals surface area contributed by atoms with Gasteiger partial charge in [0.2, 0.25) is 0 Å². The normalized spacial score (nSPS) is 13.6. The SMILES string of the molecule is CN(c1ccc(Cl)cc1)S(=O)(=O)c1cc(C(=O)N2CCc3ccccc3C2)ccc1Cl. The van der Waals surface area contributed by atoms with Gasteiger partial charge in [0.25, 0.3) is 15.9 Å². The number of rotatable bonds is 4. The van der Waals surface area contributed by atoms with Gasteiger partial charge in [-0.25, -0.2) is 8.42 Å². The Morgan fingerprint density at radius 3 is 2.35 bits per heavy atom. The molecule has 0 saturated carbocycles. The fourth-order valence-corrected chi connectivity index (χ4v) is 5.44. The summed E-state index contributed by atoms with van der Waals surface area (Å²) < 4.78 is 27.6. The molecule has 5 nitrogen and oxygen atoms in total. The molecule has 0 radical (unpaired) electrons. The van der Waals surface area contributed by atoms with Gasteiger partial charge in [-0.05, 0) is 60.0 Å². The summed E-state index contributed by atoms with van der Waals surface area (Å²) in [5, 5.41) is 0.560. The Morgan fingerprint density at radius 1 is 0.968 bits per heavy atom. The first-order valence-corrected chi connectivity index (χ1v) is 11.9. The number of benzene rings is 3. The Kier molecular flexibility index (Phi) is 5.97. The minimum Gasteiger partial charge on any atom is -0.334 e. The molecule has 4 rings (SSSR count). The molecule has 0 N–H and O–H groups in total. The zero-order valence-corrected chi connectivity index (χ0v) is 19.1. The largest absolute Gasteiger partial charge is 0.334 e. The number of hydrogen-bond acceptors (Lipinski definition) is 3. The standard InChI is InChI=1S/C23H20Cl2N2O3S/c1-26(20-9-7-19(24)8-10-20)31(29,30)22-14-17(6-11-21(22)25)23(28)27-13-12-16-4-2-3-5-18(16)15-27/h2-11,14H,12-13,15H2,1H3. The molecule has 1 aliphatic heterocycles. The van der Waals surface area contributed by atoms with Crippen molar-refractivity contribution in [2.75, 3.05) is 17.9 Å². The quantitative estimate of drug-likeness (QED) is 0.533. The van der Waals surface area contributed by atoms with Crippen LogP contribution in [0.15, 0.2) is 71.6 Å². The van der Waals surface area contributed by atoms with Gasteiger partial charge >= 0.3 is 0 Å². The van der Waals surface area contributed by atoms with Crippen molar-refractivity contribution in [3.05, 3.63) is 93.5 Å². The monoisotopic (exact) mass is 474 g/mol. The maximum atomic E-state index is 13.2. The third-order valence-corrected chi connectivity index (χ3v) is 7.94. The molecule has 3 aromatic carbocycles. The molecular formula is C23H20Cl2N2O3S. The number of anilines is 1. The fourth-order valence-electron chi connectivity index (χ4n) is 3.62. The van der Waals surface area contributed by atoms with E-state index in [1.54, 1.807) is 35.2 Å². The number of carbonyl (C=O) groups is 1. The van der Waals surface area contributed by atoms with Crippen molar-refractivity contribution in [2.45, 2.75) is 17.9 Å². The van der Waals surface area contributed by atoms with Crippen LogP contribution < -0.4 is 4.31 Å². The van der Waals surface area contributed by atoms with Gasteiger partial charge in [-0.1, -0.05) is 47.5 Å². The number of amides is 1. The summed E-state index contributed by atoms with van der Waals surface area (Å²) in [5.41, 5.74) is 3.05. The molecule has 160 valence electrons. The fraction of sp³-hybridized carbons (Fsp3) is 0.174. The lowest BCUT2D eigenvalue weighted by Crippen LogP contribution is -2.36. The molecular weight excluding hydrogens is 455 g/mol. The zero-order chi connectivity index (χ0) is 22.2. The lowest BCUT2D eigenvalue weighted by molar-refractivity contribution is 0.0734. The van der Waals surface area contributed by atoms with E-state index in [9.17, 15) is 13.2 Å². The molecule has 1 heterocycles. The van der Waals surface area contributed by atoms with E-state index >= 15 is 0 Å². The van der Waals surface area contributed by atoms with Gasteiger partial charge in [0, 0.05) is 30.7 Å². The molecule has 0 aliphatic carbocycles. The second-order valence-electron chi connectivity index (χ2n) is 7.34. The van der Waals surface area contributed by atoms with Crippen LogP contribution in [0.4, 0.5) is 5.69 Å². The van der Waals surface area contributed by atoms with Crippen LogP contribution in [0.1, 0.15) is 21.5 Å². The predicted octanol–water partition coefficient (Wildman–Crippen LogP) is 5.02. The van der Waals surface area contributed by atoms with Crippen molar-refractivity contribution >= 4 is 44.8 Å². The summed E-state index contributed by atoms with van der Waals surface area (Å²) in [6, 6.07) is 18.8. The maximum Gasteiger partial charge on any atom is 0.265 e. The van der Waals surface area contributed by atoms with E-state index in [0.717, 1.165) is 16.3 Å². The Bertz CT molecular complexity index is 1240. The van der Waals surface area contributed by atoms with Crippen molar-refractivity contribution in [3.63, 3.8) is 0 Å². The summed E-state index contributed by atoms with van der Waals surface area (Å²) in [5.74, 6) is -0.225. The van der Waals surface area contributed by atoms with Crippen molar-refractivity contribution in [3.8, 4) is 0 Å². The van der Waals surface area contributed by atoms with E-state index < -0.39 is 10.0 Å². The van der Waals surface area contributed by atoms with Crippen LogP contribution in [0.3, 0.4) is 0 Å². The minimum atomic E-state index is -3.98. The summed E-state index contributed by atoms with van der Waals surface area (Å²) >= 11 is 12.1. The smallest absolute Gasteiger partial charge is 0.265 e. The molecule has 0 spiro atoms. The molecule has 0 unspecified atom stereocenters. The highest BCUT2D eigenvalue weighted by Crippen LogP contribution is 2.30. The van der Waals surface area contributed by atoms with E-state index in [-0.39, 0.29) is 21.4 Å². The Morgan fingerprint density at radius 2 is 1.65 bits per heavy atom. The van der Waals surface area contributed by atoms with Crippen molar-refractivity contribution in [2.24, 2.45) is 0 Å². The summed E-state index contributed by atoms with van der Waals surface area (Å²) in [6.45, 7) is 1.07. The van der Waals surface area contributed by atoms with Crippen LogP contribution in [-0.4, -0.2) is 32.8 Å². The van der Waals surface area contributed by atoms with E-state index in [2.05, 4.69) is 6.07 Å². The van der Waals surface area contributed by atoms with Gasteiger partial charge in [-0.3, -0.25) is 9.10 Å². The van der Waals surface area contributed by atoms with E-state index in [0.29, 0.717) is 23.8 Å². The van der Waals surface area contributed by atoms with Crippen LogP contribution in [-0.2, 0) is 23.0 Å². The van der Waals surface area contributed by atoms with Crippen LogP contribution in [0.2, 0.25) is 10.0 Å². The zero-order valence-electron chi connectivity index (χ0n) is 16.8.